The molecule has 2 aromatic heterocycles. The lowest BCUT2D eigenvalue weighted by atomic mass is 9.99. The maximum Gasteiger partial charge on any atom is 0.191 e. The largest absolute Gasteiger partial charge is 0.384 e. The molecule has 27 heavy (non-hydrogen) atoms. The third kappa shape index (κ3) is 4.93. The molecule has 3 N–H and O–H groups in total. The fourth-order valence-electron chi connectivity index (χ4n) is 2.59. The number of thiophene rings is 1. The van der Waals surface area contributed by atoms with Gasteiger partial charge < -0.3 is 15.7 Å². The maximum absolute atomic E-state index is 10.7. The highest BCUT2D eigenvalue weighted by molar-refractivity contribution is 7.08. The summed E-state index contributed by atoms with van der Waals surface area (Å²) < 4.78 is 1.91. The second-order valence-electron chi connectivity index (χ2n) is 6.29. The molecule has 0 saturated heterocycles. The maximum atomic E-state index is 10.7. The van der Waals surface area contributed by atoms with Gasteiger partial charge in [-0.25, -0.2) is 4.99 Å². The number of guanidine groups is 1. The Labute approximate surface area is 162 Å². The fourth-order valence-corrected chi connectivity index (χ4v) is 3.37. The summed E-state index contributed by atoms with van der Waals surface area (Å²) in [5.74, 6) is 1.36. The minimum atomic E-state index is -0.972. The Hall–Kier alpha value is -2.71. The normalized spacial score (nSPS) is 14.0. The molecule has 3 rings (SSSR count). The van der Waals surface area contributed by atoms with E-state index in [1.807, 2.05) is 58.6 Å². The topological polar surface area (TPSA) is 87.4 Å². The first-order chi connectivity index (χ1) is 13.1. The van der Waals surface area contributed by atoms with Crippen LogP contribution in [0, 0.1) is 0 Å². The van der Waals surface area contributed by atoms with Gasteiger partial charge in [0.15, 0.2) is 11.8 Å². The van der Waals surface area contributed by atoms with E-state index in [0.29, 0.717) is 19.0 Å². The molecule has 0 bridgehead atoms. The van der Waals surface area contributed by atoms with E-state index in [4.69, 9.17) is 0 Å². The Bertz CT molecular complexity index is 857. The van der Waals surface area contributed by atoms with Crippen LogP contribution >= 0.6 is 11.3 Å². The number of para-hydroxylation sites is 1. The van der Waals surface area contributed by atoms with Crippen molar-refractivity contribution in [3.05, 3.63) is 64.9 Å². The summed E-state index contributed by atoms with van der Waals surface area (Å²) in [7, 11) is 0. The third-order valence-corrected chi connectivity index (χ3v) is 4.80. The number of benzene rings is 1. The molecule has 0 aliphatic rings. The summed E-state index contributed by atoms with van der Waals surface area (Å²) in [5, 5.41) is 29.2. The SMILES string of the molecule is CCNC(=NCc1nncn1-c1ccccc1)NCC(C)(O)c1ccsc1. The van der Waals surface area contributed by atoms with Crippen LogP contribution in [0.1, 0.15) is 25.2 Å². The van der Waals surface area contributed by atoms with Crippen LogP contribution in [0.5, 0.6) is 0 Å². The van der Waals surface area contributed by atoms with Crippen LogP contribution in [0.3, 0.4) is 0 Å². The molecular weight excluding hydrogens is 360 g/mol. The van der Waals surface area contributed by atoms with Crippen LogP contribution < -0.4 is 10.6 Å². The molecule has 0 amide bonds. The van der Waals surface area contributed by atoms with E-state index < -0.39 is 5.60 Å². The van der Waals surface area contributed by atoms with Crippen LogP contribution in [-0.4, -0.2) is 38.9 Å². The number of aliphatic hydroxyl groups is 1. The monoisotopic (exact) mass is 384 g/mol. The molecule has 0 aliphatic heterocycles. The van der Waals surface area contributed by atoms with Crippen LogP contribution in [-0.2, 0) is 12.1 Å². The Kier molecular flexibility index (Phi) is 6.20. The average Bonchev–Trinajstić information content (AvgIpc) is 3.37. The predicted molar refractivity (Wildman–Crippen MR) is 108 cm³/mol. The first-order valence-corrected chi connectivity index (χ1v) is 9.76. The number of aromatic nitrogens is 3. The Morgan fingerprint density at radius 2 is 2.07 bits per heavy atom. The molecule has 0 aliphatic carbocycles. The minimum absolute atomic E-state index is 0.348. The molecule has 0 saturated carbocycles. The lowest BCUT2D eigenvalue weighted by Gasteiger charge is -2.24. The second-order valence-corrected chi connectivity index (χ2v) is 7.07. The summed E-state index contributed by atoms with van der Waals surface area (Å²) >= 11 is 1.57. The highest BCUT2D eigenvalue weighted by atomic mass is 32.1. The van der Waals surface area contributed by atoms with Crippen molar-refractivity contribution in [2.45, 2.75) is 26.0 Å². The van der Waals surface area contributed by atoms with Crippen LogP contribution in [0.4, 0.5) is 0 Å². The molecule has 7 nitrogen and oxygen atoms in total. The van der Waals surface area contributed by atoms with E-state index in [9.17, 15) is 5.11 Å². The lowest BCUT2D eigenvalue weighted by molar-refractivity contribution is 0.0621. The number of aliphatic imine (C=N–C) groups is 1. The summed E-state index contributed by atoms with van der Waals surface area (Å²) in [6.07, 6.45) is 1.68. The highest BCUT2D eigenvalue weighted by Gasteiger charge is 2.23. The quantitative estimate of drug-likeness (QED) is 0.430. The molecule has 0 radical (unpaired) electrons. The van der Waals surface area contributed by atoms with Gasteiger partial charge >= 0.3 is 0 Å². The molecule has 0 spiro atoms. The molecule has 142 valence electrons. The first kappa shape index (κ1) is 19.1. The van der Waals surface area contributed by atoms with Crippen molar-refractivity contribution in [2.75, 3.05) is 13.1 Å². The molecule has 8 heteroatoms. The Morgan fingerprint density at radius 3 is 2.78 bits per heavy atom. The van der Waals surface area contributed by atoms with E-state index in [1.54, 1.807) is 24.6 Å². The van der Waals surface area contributed by atoms with Gasteiger partial charge in [-0.1, -0.05) is 18.2 Å². The predicted octanol–water partition coefficient (Wildman–Crippen LogP) is 2.29. The minimum Gasteiger partial charge on any atom is -0.384 e. The summed E-state index contributed by atoms with van der Waals surface area (Å²) in [5.41, 5.74) is 0.908. The first-order valence-electron chi connectivity index (χ1n) is 8.81. The van der Waals surface area contributed by atoms with Crippen molar-refractivity contribution in [3.8, 4) is 5.69 Å². The van der Waals surface area contributed by atoms with E-state index in [0.717, 1.165) is 23.6 Å². The zero-order valence-electron chi connectivity index (χ0n) is 15.5. The summed E-state index contributed by atoms with van der Waals surface area (Å²) in [6.45, 7) is 5.22. The number of hydrogen-bond acceptors (Lipinski definition) is 5. The number of hydrogen-bond donors (Lipinski definition) is 3. The van der Waals surface area contributed by atoms with Crippen molar-refractivity contribution < 1.29 is 5.11 Å². The lowest BCUT2D eigenvalue weighted by Crippen LogP contribution is -2.44. The van der Waals surface area contributed by atoms with Crippen molar-refractivity contribution in [3.63, 3.8) is 0 Å². The van der Waals surface area contributed by atoms with Gasteiger partial charge in [0.25, 0.3) is 0 Å². The van der Waals surface area contributed by atoms with Gasteiger partial charge in [0, 0.05) is 12.2 Å². The number of nitrogens with one attached hydrogen (secondary N) is 2. The van der Waals surface area contributed by atoms with Gasteiger partial charge in [0.05, 0.1) is 6.54 Å². The number of nitrogens with zero attached hydrogens (tertiary/aromatic N) is 4. The zero-order valence-corrected chi connectivity index (χ0v) is 16.3. The van der Waals surface area contributed by atoms with Crippen molar-refractivity contribution in [1.29, 1.82) is 0 Å². The molecule has 2 heterocycles. The summed E-state index contributed by atoms with van der Waals surface area (Å²) in [4.78, 5) is 4.59. The molecule has 1 aromatic carbocycles. The zero-order chi connectivity index (χ0) is 19.1. The van der Waals surface area contributed by atoms with E-state index >= 15 is 0 Å². The molecular formula is C19H24N6OS. The molecule has 1 unspecified atom stereocenters. The van der Waals surface area contributed by atoms with Gasteiger partial charge in [-0.3, -0.25) is 4.57 Å². The van der Waals surface area contributed by atoms with Gasteiger partial charge in [0.1, 0.15) is 18.5 Å². The molecule has 0 fully saturated rings. The smallest absolute Gasteiger partial charge is 0.191 e. The fraction of sp³-hybridized carbons (Fsp3) is 0.316. The van der Waals surface area contributed by atoms with E-state index in [1.165, 1.54) is 0 Å². The van der Waals surface area contributed by atoms with Gasteiger partial charge in [0.2, 0.25) is 0 Å². The van der Waals surface area contributed by atoms with Crippen molar-refractivity contribution in [1.82, 2.24) is 25.4 Å². The van der Waals surface area contributed by atoms with Crippen LogP contribution in [0.15, 0.2) is 58.5 Å². The van der Waals surface area contributed by atoms with Gasteiger partial charge in [-0.15, -0.1) is 10.2 Å². The standard InChI is InChI=1S/C19H24N6OS/c1-3-20-18(22-13-19(2,26)15-9-10-27-12-15)21-11-17-24-23-14-25(17)16-7-5-4-6-8-16/h4-10,12,14,26H,3,11,13H2,1-2H3,(H2,20,21,22). The third-order valence-electron chi connectivity index (χ3n) is 4.12. The van der Waals surface area contributed by atoms with Gasteiger partial charge in [-0.05, 0) is 48.4 Å². The highest BCUT2D eigenvalue weighted by Crippen LogP contribution is 2.21. The average molecular weight is 385 g/mol. The van der Waals surface area contributed by atoms with E-state index in [2.05, 4.69) is 25.8 Å². The molecule has 1 atom stereocenters. The number of rotatable bonds is 7. The Morgan fingerprint density at radius 1 is 1.26 bits per heavy atom. The summed E-state index contributed by atoms with van der Waals surface area (Å²) in [6, 6.07) is 11.8. The van der Waals surface area contributed by atoms with Crippen LogP contribution in [0.25, 0.3) is 5.69 Å². The van der Waals surface area contributed by atoms with Crippen molar-refractivity contribution in [2.24, 2.45) is 4.99 Å². The molecule has 3 aromatic rings. The van der Waals surface area contributed by atoms with Crippen LogP contribution in [0.2, 0.25) is 0 Å². The van der Waals surface area contributed by atoms with E-state index in [-0.39, 0.29) is 0 Å². The van der Waals surface area contributed by atoms with Crippen molar-refractivity contribution >= 4 is 17.3 Å². The second kappa shape index (κ2) is 8.79. The van der Waals surface area contributed by atoms with Gasteiger partial charge in [-0.2, -0.15) is 11.3 Å². The Balaban J connectivity index is 1.69.